The Labute approximate surface area is 110 Å². The fourth-order valence-corrected chi connectivity index (χ4v) is 1.91. The molecule has 3 N–H and O–H groups in total. The van der Waals surface area contributed by atoms with Gasteiger partial charge in [0.05, 0.1) is 0 Å². The Balaban J connectivity index is 2.63. The van der Waals surface area contributed by atoms with Crippen molar-refractivity contribution in [2.75, 3.05) is 11.1 Å². The molecule has 1 atom stereocenters. The number of rotatable bonds is 6. The summed E-state index contributed by atoms with van der Waals surface area (Å²) >= 11 is 0. The van der Waals surface area contributed by atoms with Crippen LogP contribution in [0.15, 0.2) is 18.2 Å². The standard InChI is InChI=1S/C15H24N2O/c1-10(2)5-6-11(3)17-13-7-8-14(12(4)18)15(16)9-13/h7-11,17H,5-6,16H2,1-4H3. The second-order valence-corrected chi connectivity index (χ2v) is 5.37. The molecule has 18 heavy (non-hydrogen) atoms. The van der Waals surface area contributed by atoms with Gasteiger partial charge in [-0.3, -0.25) is 4.79 Å². The molecule has 0 saturated carbocycles. The van der Waals surface area contributed by atoms with Crippen LogP contribution >= 0.6 is 0 Å². The summed E-state index contributed by atoms with van der Waals surface area (Å²) in [6.45, 7) is 8.15. The van der Waals surface area contributed by atoms with Gasteiger partial charge in [0, 0.05) is 23.0 Å². The topological polar surface area (TPSA) is 55.1 Å². The van der Waals surface area contributed by atoms with E-state index in [0.29, 0.717) is 17.3 Å². The normalized spacial score (nSPS) is 12.5. The zero-order valence-electron chi connectivity index (χ0n) is 11.8. The van der Waals surface area contributed by atoms with Gasteiger partial charge >= 0.3 is 0 Å². The predicted octanol–water partition coefficient (Wildman–Crippen LogP) is 3.71. The largest absolute Gasteiger partial charge is 0.398 e. The Morgan fingerprint density at radius 2 is 1.94 bits per heavy atom. The second-order valence-electron chi connectivity index (χ2n) is 5.37. The molecule has 0 heterocycles. The van der Waals surface area contributed by atoms with Crippen molar-refractivity contribution in [2.24, 2.45) is 5.92 Å². The summed E-state index contributed by atoms with van der Waals surface area (Å²) in [6.07, 6.45) is 2.33. The monoisotopic (exact) mass is 248 g/mol. The third-order valence-corrected chi connectivity index (χ3v) is 3.02. The SMILES string of the molecule is CC(=O)c1ccc(NC(C)CCC(C)C)cc1N. The highest BCUT2D eigenvalue weighted by molar-refractivity contribution is 5.99. The number of hydrogen-bond donors (Lipinski definition) is 2. The average Bonchev–Trinajstić information content (AvgIpc) is 2.26. The van der Waals surface area contributed by atoms with E-state index >= 15 is 0 Å². The lowest BCUT2D eigenvalue weighted by Gasteiger charge is -2.17. The van der Waals surface area contributed by atoms with Crippen molar-refractivity contribution in [1.29, 1.82) is 0 Å². The van der Waals surface area contributed by atoms with E-state index in [1.165, 1.54) is 13.3 Å². The van der Waals surface area contributed by atoms with E-state index in [4.69, 9.17) is 5.73 Å². The van der Waals surface area contributed by atoms with Gasteiger partial charge in [-0.15, -0.1) is 0 Å². The molecule has 0 spiro atoms. The molecular formula is C15H24N2O. The van der Waals surface area contributed by atoms with Gasteiger partial charge in [0.15, 0.2) is 5.78 Å². The Kier molecular flexibility index (Phi) is 5.20. The van der Waals surface area contributed by atoms with Crippen molar-refractivity contribution >= 4 is 17.2 Å². The zero-order chi connectivity index (χ0) is 13.7. The molecule has 0 fully saturated rings. The number of ketones is 1. The third-order valence-electron chi connectivity index (χ3n) is 3.02. The van der Waals surface area contributed by atoms with E-state index in [0.717, 1.165) is 18.0 Å². The summed E-state index contributed by atoms with van der Waals surface area (Å²) in [5, 5.41) is 3.41. The first-order chi connectivity index (χ1) is 8.40. The molecule has 1 aromatic carbocycles. The number of nitrogens with one attached hydrogen (secondary N) is 1. The Bertz CT molecular complexity index is 413. The van der Waals surface area contributed by atoms with E-state index in [9.17, 15) is 4.79 Å². The molecule has 1 aromatic rings. The number of carbonyl (C=O) groups is 1. The van der Waals surface area contributed by atoms with Gasteiger partial charge in [0.1, 0.15) is 0 Å². The first-order valence-corrected chi connectivity index (χ1v) is 6.57. The minimum atomic E-state index is 0.00639. The number of benzene rings is 1. The maximum atomic E-state index is 11.3. The lowest BCUT2D eigenvalue weighted by Crippen LogP contribution is -2.16. The quantitative estimate of drug-likeness (QED) is 0.596. The van der Waals surface area contributed by atoms with Crippen molar-refractivity contribution in [3.05, 3.63) is 23.8 Å². The highest BCUT2D eigenvalue weighted by Crippen LogP contribution is 2.20. The average molecular weight is 248 g/mol. The van der Waals surface area contributed by atoms with Crippen molar-refractivity contribution in [2.45, 2.75) is 46.6 Å². The van der Waals surface area contributed by atoms with Crippen molar-refractivity contribution < 1.29 is 4.79 Å². The van der Waals surface area contributed by atoms with Crippen LogP contribution in [-0.4, -0.2) is 11.8 Å². The number of Topliss-reactive ketones (excluding diaryl/α,β-unsaturated/α-hetero) is 1. The van der Waals surface area contributed by atoms with Gasteiger partial charge < -0.3 is 11.1 Å². The van der Waals surface area contributed by atoms with Crippen LogP contribution in [-0.2, 0) is 0 Å². The molecule has 0 aliphatic carbocycles. The summed E-state index contributed by atoms with van der Waals surface area (Å²) in [5.74, 6) is 0.728. The minimum Gasteiger partial charge on any atom is -0.398 e. The molecule has 3 heteroatoms. The lowest BCUT2D eigenvalue weighted by atomic mass is 10.0. The van der Waals surface area contributed by atoms with Crippen LogP contribution in [0.3, 0.4) is 0 Å². The van der Waals surface area contributed by atoms with Crippen LogP contribution < -0.4 is 11.1 Å². The second kappa shape index (κ2) is 6.43. The maximum absolute atomic E-state index is 11.3. The smallest absolute Gasteiger partial charge is 0.161 e. The summed E-state index contributed by atoms with van der Waals surface area (Å²) in [6, 6.07) is 5.95. The van der Waals surface area contributed by atoms with Crippen molar-refractivity contribution in [1.82, 2.24) is 0 Å². The molecule has 1 rings (SSSR count). The zero-order valence-corrected chi connectivity index (χ0v) is 11.8. The van der Waals surface area contributed by atoms with Gasteiger partial charge in [0.2, 0.25) is 0 Å². The first kappa shape index (κ1) is 14.6. The fraction of sp³-hybridized carbons (Fsp3) is 0.533. The molecule has 0 saturated heterocycles. The summed E-state index contributed by atoms with van der Waals surface area (Å²) in [7, 11) is 0. The number of nitrogen functional groups attached to an aromatic ring is 1. The molecule has 0 radical (unpaired) electrons. The number of carbonyl (C=O) groups excluding carboxylic acids is 1. The Morgan fingerprint density at radius 1 is 1.28 bits per heavy atom. The van der Waals surface area contributed by atoms with Gasteiger partial charge in [-0.2, -0.15) is 0 Å². The molecule has 0 aliphatic heterocycles. The van der Waals surface area contributed by atoms with E-state index in [1.54, 1.807) is 6.07 Å². The van der Waals surface area contributed by atoms with Crippen LogP contribution in [0, 0.1) is 5.92 Å². The van der Waals surface area contributed by atoms with Crippen LogP contribution in [0.25, 0.3) is 0 Å². The highest BCUT2D eigenvalue weighted by atomic mass is 16.1. The van der Waals surface area contributed by atoms with E-state index in [1.807, 2.05) is 12.1 Å². The maximum Gasteiger partial charge on any atom is 0.161 e. The van der Waals surface area contributed by atoms with Gasteiger partial charge in [-0.1, -0.05) is 13.8 Å². The van der Waals surface area contributed by atoms with Gasteiger partial charge in [-0.05, 0) is 50.8 Å². The highest BCUT2D eigenvalue weighted by Gasteiger charge is 2.07. The van der Waals surface area contributed by atoms with Crippen molar-refractivity contribution in [3.63, 3.8) is 0 Å². The van der Waals surface area contributed by atoms with Crippen LogP contribution in [0.4, 0.5) is 11.4 Å². The van der Waals surface area contributed by atoms with Gasteiger partial charge in [-0.25, -0.2) is 0 Å². The number of nitrogens with two attached hydrogens (primary N) is 1. The fourth-order valence-electron chi connectivity index (χ4n) is 1.91. The van der Waals surface area contributed by atoms with E-state index in [-0.39, 0.29) is 5.78 Å². The van der Waals surface area contributed by atoms with E-state index in [2.05, 4.69) is 26.1 Å². The first-order valence-electron chi connectivity index (χ1n) is 6.57. The number of hydrogen-bond acceptors (Lipinski definition) is 3. The molecule has 1 unspecified atom stereocenters. The molecule has 0 aliphatic rings. The Hall–Kier alpha value is -1.51. The summed E-state index contributed by atoms with van der Waals surface area (Å²) in [5.41, 5.74) is 7.98. The molecule has 100 valence electrons. The molecule has 3 nitrogen and oxygen atoms in total. The molecular weight excluding hydrogens is 224 g/mol. The summed E-state index contributed by atoms with van der Waals surface area (Å²) < 4.78 is 0. The van der Waals surface area contributed by atoms with Crippen molar-refractivity contribution in [3.8, 4) is 0 Å². The van der Waals surface area contributed by atoms with Crippen LogP contribution in [0.5, 0.6) is 0 Å². The van der Waals surface area contributed by atoms with E-state index < -0.39 is 0 Å². The summed E-state index contributed by atoms with van der Waals surface area (Å²) in [4.78, 5) is 11.3. The predicted molar refractivity (Wildman–Crippen MR) is 78.0 cm³/mol. The molecule has 0 amide bonds. The molecule has 0 aromatic heterocycles. The minimum absolute atomic E-state index is 0.00639. The number of anilines is 2. The van der Waals surface area contributed by atoms with Crippen LogP contribution in [0.1, 0.15) is 50.9 Å². The molecule has 0 bridgehead atoms. The van der Waals surface area contributed by atoms with Crippen LogP contribution in [0.2, 0.25) is 0 Å². The lowest BCUT2D eigenvalue weighted by molar-refractivity contribution is 0.101. The Morgan fingerprint density at radius 3 is 2.44 bits per heavy atom. The van der Waals surface area contributed by atoms with Gasteiger partial charge in [0.25, 0.3) is 0 Å². The third kappa shape index (κ3) is 4.40.